The number of hydrogen-bond donors (Lipinski definition) is 3. The monoisotopic (exact) mass is 399 g/mol. The summed E-state index contributed by atoms with van der Waals surface area (Å²) in [5.41, 5.74) is 8.07. The molecule has 1 amide bonds. The fourth-order valence-corrected chi connectivity index (χ4v) is 4.45. The zero-order valence-corrected chi connectivity index (χ0v) is 16.7. The number of carbonyl (C=O) groups excluding carboxylic acids is 1. The van der Waals surface area contributed by atoms with Gasteiger partial charge in [0.05, 0.1) is 18.7 Å². The Balaban J connectivity index is 1.50. The first-order chi connectivity index (χ1) is 14.1. The molecule has 4 N–H and O–H groups in total. The van der Waals surface area contributed by atoms with E-state index in [-0.39, 0.29) is 19.1 Å². The van der Waals surface area contributed by atoms with Crippen LogP contribution in [0.25, 0.3) is 10.9 Å². The molecule has 1 saturated carbocycles. The number of hydrogen-bond acceptors (Lipinski definition) is 7. The minimum atomic E-state index is -0.177. The number of rotatable bonds is 4. The Morgan fingerprint density at radius 2 is 1.66 bits per heavy atom. The normalized spacial score (nSPS) is 18.4. The maximum absolute atomic E-state index is 12.8. The lowest BCUT2D eigenvalue weighted by Crippen LogP contribution is -2.51. The van der Waals surface area contributed by atoms with Crippen LogP contribution in [-0.4, -0.2) is 57.2 Å². The number of piperazine rings is 1. The molecule has 1 aliphatic heterocycles. The summed E-state index contributed by atoms with van der Waals surface area (Å²) >= 11 is 0. The number of nitrogen functional groups attached to an aromatic ring is 1. The van der Waals surface area contributed by atoms with Crippen molar-refractivity contribution in [3.05, 3.63) is 23.3 Å². The molecule has 8 nitrogen and oxygen atoms in total. The Hall–Kier alpha value is -2.45. The summed E-state index contributed by atoms with van der Waals surface area (Å²) in [7, 11) is 0. The Labute approximate surface area is 170 Å². The zero-order chi connectivity index (χ0) is 20.4. The summed E-state index contributed by atoms with van der Waals surface area (Å²) in [5, 5.41) is 19.7. The van der Waals surface area contributed by atoms with Crippen LogP contribution < -0.4 is 10.6 Å². The maximum Gasteiger partial charge on any atom is 0.228 e. The molecule has 2 aliphatic rings. The Bertz CT molecular complexity index is 890. The van der Waals surface area contributed by atoms with Crippen molar-refractivity contribution < 1.29 is 15.0 Å². The second kappa shape index (κ2) is 8.51. The second-order valence-electron chi connectivity index (χ2n) is 8.01. The summed E-state index contributed by atoms with van der Waals surface area (Å²) in [6.45, 7) is 2.33. The van der Waals surface area contributed by atoms with E-state index in [4.69, 9.17) is 5.73 Å². The van der Waals surface area contributed by atoms with Gasteiger partial charge in [0.1, 0.15) is 5.82 Å². The smallest absolute Gasteiger partial charge is 0.228 e. The van der Waals surface area contributed by atoms with Gasteiger partial charge in [-0.25, -0.2) is 4.98 Å². The molecular weight excluding hydrogens is 370 g/mol. The van der Waals surface area contributed by atoms with E-state index in [1.807, 2.05) is 4.90 Å². The molecular formula is C21H29N5O3. The van der Waals surface area contributed by atoms with Gasteiger partial charge in [-0.3, -0.25) is 4.79 Å². The molecule has 1 aromatic heterocycles. The largest absolute Gasteiger partial charge is 0.392 e. The zero-order valence-electron chi connectivity index (χ0n) is 16.7. The summed E-state index contributed by atoms with van der Waals surface area (Å²) in [5.74, 6) is 1.39. The Morgan fingerprint density at radius 1 is 1.00 bits per heavy atom. The van der Waals surface area contributed by atoms with Crippen LogP contribution in [0.2, 0.25) is 0 Å². The number of carbonyl (C=O) groups is 1. The molecule has 1 aliphatic carbocycles. The molecule has 2 heterocycles. The number of fused-ring (bicyclic) bond motifs is 1. The summed E-state index contributed by atoms with van der Waals surface area (Å²) in [4.78, 5) is 25.9. The predicted octanol–water partition coefficient (Wildman–Crippen LogP) is 1.43. The fraction of sp³-hybridized carbons (Fsp3) is 0.571. The van der Waals surface area contributed by atoms with Gasteiger partial charge < -0.3 is 25.7 Å². The number of amides is 1. The van der Waals surface area contributed by atoms with E-state index >= 15 is 0 Å². The molecule has 0 atom stereocenters. The van der Waals surface area contributed by atoms with E-state index < -0.39 is 0 Å². The molecule has 1 saturated heterocycles. The van der Waals surface area contributed by atoms with Gasteiger partial charge in [0.15, 0.2) is 0 Å². The van der Waals surface area contributed by atoms with Crippen LogP contribution in [0.5, 0.6) is 0 Å². The van der Waals surface area contributed by atoms with Crippen LogP contribution in [0.3, 0.4) is 0 Å². The van der Waals surface area contributed by atoms with Crippen LogP contribution in [0.1, 0.15) is 43.2 Å². The first-order valence-corrected chi connectivity index (χ1v) is 10.4. The molecule has 29 heavy (non-hydrogen) atoms. The van der Waals surface area contributed by atoms with Gasteiger partial charge in [-0.2, -0.15) is 4.98 Å². The number of anilines is 2. The van der Waals surface area contributed by atoms with Crippen molar-refractivity contribution in [2.75, 3.05) is 36.8 Å². The molecule has 2 fully saturated rings. The van der Waals surface area contributed by atoms with Gasteiger partial charge in [0.2, 0.25) is 11.9 Å². The lowest BCUT2D eigenvalue weighted by molar-refractivity contribution is -0.136. The molecule has 0 spiro atoms. The fourth-order valence-electron chi connectivity index (χ4n) is 4.45. The minimum absolute atomic E-state index is 0.174. The number of aliphatic hydroxyl groups is 2. The van der Waals surface area contributed by atoms with Gasteiger partial charge in [-0.1, -0.05) is 19.3 Å². The minimum Gasteiger partial charge on any atom is -0.392 e. The highest BCUT2D eigenvalue weighted by Crippen LogP contribution is 2.28. The van der Waals surface area contributed by atoms with Crippen molar-refractivity contribution >= 4 is 28.6 Å². The average molecular weight is 399 g/mol. The van der Waals surface area contributed by atoms with Crippen molar-refractivity contribution in [2.24, 2.45) is 5.92 Å². The van der Waals surface area contributed by atoms with Crippen molar-refractivity contribution in [3.63, 3.8) is 0 Å². The molecule has 8 heteroatoms. The Kier molecular flexibility index (Phi) is 5.82. The van der Waals surface area contributed by atoms with E-state index in [2.05, 4.69) is 14.9 Å². The quantitative estimate of drug-likeness (QED) is 0.712. The van der Waals surface area contributed by atoms with Gasteiger partial charge in [0, 0.05) is 37.5 Å². The highest BCUT2D eigenvalue weighted by atomic mass is 16.3. The molecule has 1 aromatic carbocycles. The van der Waals surface area contributed by atoms with Crippen molar-refractivity contribution in [2.45, 2.75) is 45.3 Å². The van der Waals surface area contributed by atoms with Crippen LogP contribution in [0.15, 0.2) is 12.1 Å². The third kappa shape index (κ3) is 4.00. The maximum atomic E-state index is 12.8. The average Bonchev–Trinajstić information content (AvgIpc) is 2.78. The number of benzene rings is 1. The van der Waals surface area contributed by atoms with Crippen molar-refractivity contribution in [1.29, 1.82) is 0 Å². The standard InChI is InChI=1S/C21H29N5O3/c22-19-17-10-15(12-27)16(13-28)11-18(17)23-21(24-19)26-8-6-25(7-9-26)20(29)14-4-2-1-3-5-14/h10-11,14,27-28H,1-9,12-13H2,(H2,22,23,24). The van der Waals surface area contributed by atoms with Gasteiger partial charge in [0.25, 0.3) is 0 Å². The molecule has 156 valence electrons. The SMILES string of the molecule is Nc1nc(N2CCN(C(=O)C3CCCCC3)CC2)nc2cc(CO)c(CO)cc12. The van der Waals surface area contributed by atoms with Crippen LogP contribution in [0.4, 0.5) is 11.8 Å². The van der Waals surface area contributed by atoms with E-state index in [1.165, 1.54) is 6.42 Å². The summed E-state index contributed by atoms with van der Waals surface area (Å²) in [6.07, 6.45) is 5.61. The van der Waals surface area contributed by atoms with Gasteiger partial charge in [-0.05, 0) is 36.1 Å². The topological polar surface area (TPSA) is 116 Å². The Morgan fingerprint density at radius 3 is 2.31 bits per heavy atom. The molecule has 0 radical (unpaired) electrons. The third-order valence-electron chi connectivity index (χ3n) is 6.20. The first-order valence-electron chi connectivity index (χ1n) is 10.4. The van der Waals surface area contributed by atoms with Gasteiger partial charge in [-0.15, -0.1) is 0 Å². The molecule has 2 aromatic rings. The second-order valence-corrected chi connectivity index (χ2v) is 8.01. The summed E-state index contributed by atoms with van der Waals surface area (Å²) in [6, 6.07) is 3.49. The molecule has 4 rings (SSSR count). The lowest BCUT2D eigenvalue weighted by Gasteiger charge is -2.37. The van der Waals surface area contributed by atoms with Crippen LogP contribution >= 0.6 is 0 Å². The number of aromatic nitrogens is 2. The molecule has 0 bridgehead atoms. The summed E-state index contributed by atoms with van der Waals surface area (Å²) < 4.78 is 0. The molecule has 0 unspecified atom stereocenters. The van der Waals surface area contributed by atoms with Crippen molar-refractivity contribution in [1.82, 2.24) is 14.9 Å². The number of nitrogens with zero attached hydrogens (tertiary/aromatic N) is 4. The highest BCUT2D eigenvalue weighted by molar-refractivity contribution is 5.90. The van der Waals surface area contributed by atoms with Gasteiger partial charge >= 0.3 is 0 Å². The van der Waals surface area contributed by atoms with Crippen LogP contribution in [0, 0.1) is 5.92 Å². The van der Waals surface area contributed by atoms with E-state index in [0.29, 0.717) is 65.9 Å². The third-order valence-corrected chi connectivity index (χ3v) is 6.20. The lowest BCUT2D eigenvalue weighted by atomic mass is 9.88. The highest BCUT2D eigenvalue weighted by Gasteiger charge is 2.29. The van der Waals surface area contributed by atoms with E-state index in [1.54, 1.807) is 12.1 Å². The number of aliphatic hydroxyl groups excluding tert-OH is 2. The van der Waals surface area contributed by atoms with E-state index in [0.717, 1.165) is 25.7 Å². The van der Waals surface area contributed by atoms with Crippen molar-refractivity contribution in [3.8, 4) is 0 Å². The predicted molar refractivity (Wildman–Crippen MR) is 111 cm³/mol. The van der Waals surface area contributed by atoms with E-state index in [9.17, 15) is 15.0 Å². The number of nitrogens with two attached hydrogens (primary N) is 1. The first kappa shape index (κ1) is 19.8. The van der Waals surface area contributed by atoms with Crippen LogP contribution in [-0.2, 0) is 18.0 Å².